The van der Waals surface area contributed by atoms with Gasteiger partial charge in [-0.05, 0) is 84.3 Å². The molecule has 6 aromatic carbocycles. The monoisotopic (exact) mass is 1470 g/mol. The Bertz CT molecular complexity index is 4560. The molecule has 107 heavy (non-hydrogen) atoms. The van der Waals surface area contributed by atoms with Gasteiger partial charge >= 0.3 is 18.2 Å². The SMILES string of the molecule is CC(C(N)=O)[C@@H]1C[C@@H](n2cnc3c(NCC(c4ccccc4)c4ccccc4)nc(N4CC[C@@H](N)C4)nc32)[C@H](O)[C@@H]1O.CCC(=O)N[C@H]1C[C@@H](n2cnc3c(NCC(c4ccccc4)c4ccccc4)nc(N4CC[C@@H](NC(=O)Nc5ccc(Oc6ccccc6)cc5)C4)nc32)[C@H](O)[C@@H]1O.O=C(O)C(F)(F)F. The number of primary amides is 1. The minimum atomic E-state index is -5.08. The second-order valence-electron chi connectivity index (χ2n) is 27.1. The lowest BCUT2D eigenvalue weighted by Gasteiger charge is -2.22. The van der Waals surface area contributed by atoms with Crippen LogP contribution in [0, 0.1) is 11.8 Å². The number of amides is 4. The van der Waals surface area contributed by atoms with Gasteiger partial charge in [-0.25, -0.2) is 19.6 Å². The average Bonchev–Trinajstić information content (AvgIpc) is 1.62. The number of carbonyl (C=O) groups is 4. The van der Waals surface area contributed by atoms with Gasteiger partial charge in [0.2, 0.25) is 23.7 Å². The van der Waals surface area contributed by atoms with Crippen LogP contribution in [0.4, 0.5) is 47.2 Å². The van der Waals surface area contributed by atoms with Crippen molar-refractivity contribution in [2.45, 2.75) is 119 Å². The first-order chi connectivity index (χ1) is 51.6. The lowest BCUT2D eigenvalue weighted by atomic mass is 9.90. The van der Waals surface area contributed by atoms with Gasteiger partial charge in [-0.2, -0.15) is 33.1 Å². The lowest BCUT2D eigenvalue weighted by molar-refractivity contribution is -0.192. The number of aliphatic hydroxyl groups is 4. The predicted molar refractivity (Wildman–Crippen MR) is 397 cm³/mol. The number of nitrogens with two attached hydrogens (primary N) is 2. The number of ether oxygens (including phenoxy) is 1. The number of carbonyl (C=O) groups excluding carboxylic acids is 3. The Balaban J connectivity index is 0.000000191. The van der Waals surface area contributed by atoms with Crippen LogP contribution in [0.3, 0.4) is 0 Å². The van der Waals surface area contributed by atoms with E-state index in [1.165, 1.54) is 11.1 Å². The Kier molecular flexibility index (Phi) is 23.8. The highest BCUT2D eigenvalue weighted by molar-refractivity contribution is 5.90. The van der Waals surface area contributed by atoms with Gasteiger partial charge in [0.25, 0.3) is 0 Å². The molecule has 0 bridgehead atoms. The number of carboxylic acid groups (broad SMARTS) is 1. The summed E-state index contributed by atoms with van der Waals surface area (Å²) in [6, 6.07) is 55.7. The zero-order valence-electron chi connectivity index (χ0n) is 58.7. The van der Waals surface area contributed by atoms with Gasteiger partial charge in [-0.3, -0.25) is 9.59 Å². The van der Waals surface area contributed by atoms with Crippen LogP contribution in [-0.4, -0.2) is 176 Å². The number of rotatable bonds is 22. The molecule has 4 fully saturated rings. The molecule has 560 valence electrons. The molecular formula is C77H86F3N17O10. The molecule has 2 saturated carbocycles. The normalized spacial score (nSPS) is 21.5. The van der Waals surface area contributed by atoms with E-state index in [1.54, 1.807) is 59.9 Å². The van der Waals surface area contributed by atoms with E-state index >= 15 is 0 Å². The number of benzene rings is 6. The van der Waals surface area contributed by atoms with E-state index in [1.807, 2.05) is 108 Å². The average molecular weight is 1470 g/mol. The number of fused-ring (bicyclic) bond motifs is 2. The van der Waals surface area contributed by atoms with E-state index in [4.69, 9.17) is 51.0 Å². The standard InChI is InChI=1S/C44H47N9O5.C31H38N8O3.C2HF3O2/c1-2-37(54)49-35-24-36(40(56)39(35)55)53-27-46-38-41(45-25-34(28-12-6-3-7-13-28)29-14-8-4-9-15-29)50-43(51-42(38)53)52-23-22-31(26-52)48-44(57)47-30-18-20-33(21-19-30)58-32-16-10-5-11-17-32;1-18(28(33)42)22-14-24(27(41)26(22)40)39-17-35-25-29(36-31(37-30(25)39)38-13-12-21(32)16-38)34-15-23(19-8-4-2-5-9-19)20-10-6-3-7-11-20;3-2(4,5)1(6)7/h3-21,27,31,34-36,39-40,55-56H,2,22-26H2,1H3,(H,49,54)(H,45,50,51)(H2,47,48,57);2-11,17-18,21-24,26-27,40-41H,12-16,32H2,1H3,(H2,33,42)(H,34,36,37);(H,6,7)/t31-,35+,36-,39-,40+;18?,21-,22+,24-,26-,27+;/m11./s1. The van der Waals surface area contributed by atoms with Gasteiger partial charge in [-0.1, -0.05) is 153 Å². The largest absolute Gasteiger partial charge is 0.490 e. The molecule has 4 aliphatic rings. The van der Waals surface area contributed by atoms with Crippen LogP contribution >= 0.6 is 0 Å². The molecule has 2 aliphatic heterocycles. The molecule has 2 saturated heterocycles. The quantitative estimate of drug-likeness (QED) is 0.0302. The summed E-state index contributed by atoms with van der Waals surface area (Å²) in [6.07, 6.45) is -3.94. The van der Waals surface area contributed by atoms with Gasteiger partial charge in [0.15, 0.2) is 34.0 Å². The molecule has 30 heteroatoms. The van der Waals surface area contributed by atoms with Crippen LogP contribution in [0.5, 0.6) is 11.5 Å². The van der Waals surface area contributed by atoms with Crippen LogP contribution in [0.15, 0.2) is 189 Å². The van der Waals surface area contributed by atoms with Crippen molar-refractivity contribution in [3.8, 4) is 11.5 Å². The molecule has 6 heterocycles. The number of para-hydroxylation sites is 1. The summed E-state index contributed by atoms with van der Waals surface area (Å²) in [5, 5.41) is 67.2. The minimum Gasteiger partial charge on any atom is -0.475 e. The van der Waals surface area contributed by atoms with Crippen molar-refractivity contribution in [3.05, 3.63) is 211 Å². The number of hydrogen-bond acceptors (Lipinski definition) is 20. The van der Waals surface area contributed by atoms with Gasteiger partial charge in [0, 0.05) is 87.1 Å². The molecule has 0 radical (unpaired) electrons. The number of imidazole rings is 2. The van der Waals surface area contributed by atoms with Crippen molar-refractivity contribution in [1.82, 2.24) is 49.7 Å². The Morgan fingerprint density at radius 2 is 1.02 bits per heavy atom. The Labute approximate surface area is 614 Å². The molecule has 27 nitrogen and oxygen atoms in total. The summed E-state index contributed by atoms with van der Waals surface area (Å²) in [7, 11) is 0. The maximum absolute atomic E-state index is 13.1. The van der Waals surface area contributed by atoms with E-state index in [0.717, 1.165) is 29.8 Å². The number of aliphatic hydroxyl groups excluding tert-OH is 4. The van der Waals surface area contributed by atoms with Crippen molar-refractivity contribution in [2.75, 3.05) is 65.0 Å². The van der Waals surface area contributed by atoms with Crippen LogP contribution < -0.4 is 52.6 Å². The van der Waals surface area contributed by atoms with Crippen molar-refractivity contribution < 1.29 is 62.6 Å². The topological polar surface area (TPSA) is 385 Å². The lowest BCUT2D eigenvalue weighted by Crippen LogP contribution is -2.42. The van der Waals surface area contributed by atoms with E-state index in [-0.39, 0.29) is 42.3 Å². The highest BCUT2D eigenvalue weighted by Gasteiger charge is 2.47. The Morgan fingerprint density at radius 3 is 1.47 bits per heavy atom. The first kappa shape index (κ1) is 75.4. The van der Waals surface area contributed by atoms with Gasteiger partial charge in [0.1, 0.15) is 29.8 Å². The van der Waals surface area contributed by atoms with E-state index in [9.17, 15) is 48.0 Å². The van der Waals surface area contributed by atoms with Crippen LogP contribution in [-0.2, 0) is 14.4 Å². The zero-order chi connectivity index (χ0) is 75.5. The van der Waals surface area contributed by atoms with Gasteiger partial charge < -0.3 is 87.3 Å². The summed E-state index contributed by atoms with van der Waals surface area (Å²) in [6.45, 7) is 6.92. The third kappa shape index (κ3) is 18.0. The third-order valence-corrected chi connectivity index (χ3v) is 20.0. The maximum atomic E-state index is 13.1. The molecule has 11 atom stereocenters. The smallest absolute Gasteiger partial charge is 0.475 e. The molecule has 1 unspecified atom stereocenters. The van der Waals surface area contributed by atoms with Crippen LogP contribution in [0.2, 0.25) is 0 Å². The molecule has 10 aromatic rings. The number of aliphatic carboxylic acids is 1. The number of halogens is 3. The number of alkyl halides is 3. The second kappa shape index (κ2) is 33.9. The fourth-order valence-corrected chi connectivity index (χ4v) is 14.2. The fourth-order valence-electron chi connectivity index (χ4n) is 14.2. The minimum absolute atomic E-state index is 0.000779. The molecule has 14 N–H and O–H groups in total. The summed E-state index contributed by atoms with van der Waals surface area (Å²) in [5.74, 6) is -1.00. The summed E-state index contributed by atoms with van der Waals surface area (Å²) in [5.41, 5.74) is 19.1. The highest BCUT2D eigenvalue weighted by Crippen LogP contribution is 2.42. The third-order valence-electron chi connectivity index (χ3n) is 20.0. The second-order valence-corrected chi connectivity index (χ2v) is 27.1. The van der Waals surface area contributed by atoms with E-state index in [0.29, 0.717) is 109 Å². The Morgan fingerprint density at radius 1 is 0.579 bits per heavy atom. The van der Waals surface area contributed by atoms with Crippen LogP contribution in [0.25, 0.3) is 22.3 Å². The van der Waals surface area contributed by atoms with E-state index < -0.39 is 72.4 Å². The zero-order valence-corrected chi connectivity index (χ0v) is 58.7. The number of hydrogen-bond donors (Lipinski definition) is 12. The number of nitrogens with one attached hydrogen (secondary N) is 5. The maximum Gasteiger partial charge on any atom is 0.490 e. The Hall–Kier alpha value is -11.3. The molecule has 4 aromatic heterocycles. The molecule has 14 rings (SSSR count). The molecule has 4 amide bonds. The summed E-state index contributed by atoms with van der Waals surface area (Å²) in [4.78, 5) is 79.5. The number of nitrogens with zero attached hydrogens (tertiary/aromatic N) is 10. The highest BCUT2D eigenvalue weighted by atomic mass is 19.4. The fraction of sp³-hybridized carbons (Fsp3) is 0.351. The van der Waals surface area contributed by atoms with Gasteiger partial charge in [-0.15, -0.1) is 0 Å². The van der Waals surface area contributed by atoms with Crippen LogP contribution in [0.1, 0.15) is 92.1 Å². The number of carboxylic acids is 1. The first-order valence-corrected chi connectivity index (χ1v) is 35.5. The molecule has 0 spiro atoms. The number of anilines is 5. The predicted octanol–water partition coefficient (Wildman–Crippen LogP) is 8.47. The van der Waals surface area contributed by atoms with Crippen molar-refractivity contribution in [3.63, 3.8) is 0 Å². The van der Waals surface area contributed by atoms with E-state index in [2.05, 4.69) is 85.0 Å². The summed E-state index contributed by atoms with van der Waals surface area (Å²) < 4.78 is 41.2. The molecular weight excluding hydrogens is 1380 g/mol. The van der Waals surface area contributed by atoms with Crippen molar-refractivity contribution >= 4 is 75.4 Å². The van der Waals surface area contributed by atoms with Gasteiger partial charge in [0.05, 0.1) is 36.9 Å². The number of aromatic nitrogens is 8. The summed E-state index contributed by atoms with van der Waals surface area (Å²) >= 11 is 0. The molecule has 2 aliphatic carbocycles. The number of urea groups is 1. The van der Waals surface area contributed by atoms with Crippen molar-refractivity contribution in [2.24, 2.45) is 23.3 Å². The first-order valence-electron chi connectivity index (χ1n) is 35.5. The van der Waals surface area contributed by atoms with Crippen molar-refractivity contribution in [1.29, 1.82) is 0 Å².